The van der Waals surface area contributed by atoms with Crippen molar-refractivity contribution in [2.75, 3.05) is 32.0 Å². The molecule has 1 aromatic rings. The molecule has 0 atom stereocenters. The van der Waals surface area contributed by atoms with Crippen LogP contribution in [0.25, 0.3) is 0 Å². The predicted octanol–water partition coefficient (Wildman–Crippen LogP) is 4.72. The molecule has 4 nitrogen and oxygen atoms in total. The molecule has 1 aromatic carbocycles. The van der Waals surface area contributed by atoms with Crippen molar-refractivity contribution in [2.45, 2.75) is 57.8 Å². The molecular formula is C19H34BrNO3S. The minimum absolute atomic E-state index is 0.178. The summed E-state index contributed by atoms with van der Waals surface area (Å²) in [7, 11) is -1.84. The second-order valence-electron chi connectivity index (χ2n) is 6.81. The van der Waals surface area contributed by atoms with E-state index in [0.29, 0.717) is 0 Å². The van der Waals surface area contributed by atoms with Crippen molar-refractivity contribution in [3.63, 3.8) is 0 Å². The highest BCUT2D eigenvalue weighted by molar-refractivity contribution is 9.09. The zero-order valence-electron chi connectivity index (χ0n) is 16.1. The van der Waals surface area contributed by atoms with Gasteiger partial charge in [-0.2, -0.15) is 0 Å². The molecule has 0 aliphatic heterocycles. The summed E-state index contributed by atoms with van der Waals surface area (Å²) in [4.78, 5) is -0.178. The Labute approximate surface area is 163 Å². The van der Waals surface area contributed by atoms with Crippen LogP contribution in [0.2, 0.25) is 0 Å². The lowest BCUT2D eigenvalue weighted by Gasteiger charge is -2.34. The van der Waals surface area contributed by atoms with E-state index in [2.05, 4.69) is 36.8 Å². The third kappa shape index (κ3) is 11.7. The van der Waals surface area contributed by atoms with Gasteiger partial charge in [0.1, 0.15) is 10.1 Å². The summed E-state index contributed by atoms with van der Waals surface area (Å²) in [6.07, 6.45) is 6.72. The molecule has 0 saturated heterocycles. The van der Waals surface area contributed by atoms with E-state index < -0.39 is 10.1 Å². The molecule has 0 aromatic heterocycles. The Hall–Kier alpha value is -0.430. The summed E-state index contributed by atoms with van der Waals surface area (Å²) in [6.45, 7) is 10.5. The van der Waals surface area contributed by atoms with Crippen molar-refractivity contribution < 1.29 is 17.5 Å². The van der Waals surface area contributed by atoms with Crippen LogP contribution in [-0.4, -0.2) is 49.5 Å². The van der Waals surface area contributed by atoms with Gasteiger partial charge in [0.2, 0.25) is 0 Å². The summed E-state index contributed by atoms with van der Waals surface area (Å²) in [5.74, 6) is 0. The largest absolute Gasteiger partial charge is 0.744 e. The number of alkyl halides is 1. The van der Waals surface area contributed by atoms with Gasteiger partial charge in [-0.25, -0.2) is 8.42 Å². The van der Waals surface area contributed by atoms with Crippen molar-refractivity contribution in [3.05, 3.63) is 29.8 Å². The maximum absolute atomic E-state index is 10.4. The predicted molar refractivity (Wildman–Crippen MR) is 108 cm³/mol. The van der Waals surface area contributed by atoms with Crippen molar-refractivity contribution in [1.29, 1.82) is 0 Å². The van der Waals surface area contributed by atoms with Crippen molar-refractivity contribution in [2.24, 2.45) is 0 Å². The third-order valence-electron chi connectivity index (χ3n) is 4.24. The summed E-state index contributed by atoms with van der Waals surface area (Å²) in [6, 6.07) is 5.78. The normalized spacial score (nSPS) is 11.8. The second kappa shape index (κ2) is 12.8. The minimum atomic E-state index is -4.27. The van der Waals surface area contributed by atoms with E-state index in [1.807, 2.05) is 6.92 Å². The van der Waals surface area contributed by atoms with E-state index in [4.69, 9.17) is 0 Å². The Kier molecular flexibility index (Phi) is 12.6. The Morgan fingerprint density at radius 3 is 1.76 bits per heavy atom. The van der Waals surface area contributed by atoms with E-state index in [1.54, 1.807) is 12.1 Å². The maximum Gasteiger partial charge on any atom is 0.124 e. The van der Waals surface area contributed by atoms with Crippen LogP contribution in [0.15, 0.2) is 29.2 Å². The first-order chi connectivity index (χ1) is 11.7. The number of quaternary nitrogens is 1. The molecule has 0 unspecified atom stereocenters. The molecule has 0 amide bonds. The number of unbranched alkanes of at least 4 members (excludes halogenated alkanes) is 2. The fraction of sp³-hybridized carbons (Fsp3) is 0.684. The SMILES string of the molecule is CCCC[N+](C)(CCCC)CCCBr.Cc1ccc(S(=O)(=O)[O-])cc1. The molecule has 0 N–H and O–H groups in total. The standard InChI is InChI=1S/C12H27BrN.C7H8O3S/c1-4-6-10-14(3,11-7-5-2)12-8-9-13;1-6-2-4-7(5-3-6)11(8,9)10/h4-12H2,1-3H3;2-5H,1H3,(H,8,9,10)/q+1;/p-1. The van der Waals surface area contributed by atoms with Gasteiger partial charge >= 0.3 is 0 Å². The number of halogens is 1. The summed E-state index contributed by atoms with van der Waals surface area (Å²) in [5.41, 5.74) is 0.928. The van der Waals surface area contributed by atoms with E-state index in [0.717, 1.165) is 10.9 Å². The van der Waals surface area contributed by atoms with Gasteiger partial charge in [0.15, 0.2) is 0 Å². The lowest BCUT2D eigenvalue weighted by Crippen LogP contribution is -2.46. The van der Waals surface area contributed by atoms with E-state index in [9.17, 15) is 13.0 Å². The number of hydrogen-bond acceptors (Lipinski definition) is 3. The Morgan fingerprint density at radius 2 is 1.40 bits per heavy atom. The van der Waals surface area contributed by atoms with Crippen LogP contribution < -0.4 is 0 Å². The number of hydrogen-bond donors (Lipinski definition) is 0. The Bertz CT molecular complexity index is 537. The third-order valence-corrected chi connectivity index (χ3v) is 5.65. The minimum Gasteiger partial charge on any atom is -0.744 e. The molecular weight excluding hydrogens is 402 g/mol. The second-order valence-corrected chi connectivity index (χ2v) is 8.98. The Balaban J connectivity index is 0.000000472. The van der Waals surface area contributed by atoms with Gasteiger partial charge in [-0.15, -0.1) is 0 Å². The van der Waals surface area contributed by atoms with E-state index >= 15 is 0 Å². The molecule has 1 rings (SSSR count). The topological polar surface area (TPSA) is 57.2 Å². The number of rotatable bonds is 10. The van der Waals surface area contributed by atoms with Crippen LogP contribution in [0.3, 0.4) is 0 Å². The highest BCUT2D eigenvalue weighted by Crippen LogP contribution is 2.11. The van der Waals surface area contributed by atoms with Gasteiger partial charge < -0.3 is 9.04 Å². The Morgan fingerprint density at radius 1 is 0.960 bits per heavy atom. The first-order valence-corrected chi connectivity index (χ1v) is 11.6. The summed E-state index contributed by atoms with van der Waals surface area (Å²) >= 11 is 3.53. The van der Waals surface area contributed by atoms with Crippen molar-refractivity contribution >= 4 is 26.0 Å². The molecule has 25 heavy (non-hydrogen) atoms. The van der Waals surface area contributed by atoms with Gasteiger partial charge in [-0.1, -0.05) is 60.3 Å². The number of nitrogens with zero attached hydrogens (tertiary/aromatic N) is 1. The fourth-order valence-electron chi connectivity index (χ4n) is 2.56. The average molecular weight is 436 g/mol. The molecule has 6 heteroatoms. The molecule has 0 saturated carbocycles. The first kappa shape index (κ1) is 24.6. The van der Waals surface area contributed by atoms with Gasteiger partial charge in [-0.3, -0.25) is 0 Å². The quantitative estimate of drug-likeness (QED) is 0.303. The van der Waals surface area contributed by atoms with Crippen LogP contribution >= 0.6 is 15.9 Å². The molecule has 0 radical (unpaired) electrons. The van der Waals surface area contributed by atoms with Crippen molar-refractivity contribution in [1.82, 2.24) is 0 Å². The highest BCUT2D eigenvalue weighted by atomic mass is 79.9. The molecule has 0 heterocycles. The summed E-state index contributed by atoms with van der Waals surface area (Å²) < 4.78 is 32.5. The average Bonchev–Trinajstić information content (AvgIpc) is 2.57. The molecule has 0 bridgehead atoms. The molecule has 0 spiro atoms. The van der Waals surface area contributed by atoms with E-state index in [1.165, 1.54) is 68.4 Å². The van der Waals surface area contributed by atoms with Gasteiger partial charge in [0.05, 0.1) is 31.6 Å². The lowest BCUT2D eigenvalue weighted by atomic mass is 10.2. The van der Waals surface area contributed by atoms with Gasteiger partial charge in [0.25, 0.3) is 0 Å². The van der Waals surface area contributed by atoms with E-state index in [-0.39, 0.29) is 4.90 Å². The zero-order chi connectivity index (χ0) is 19.3. The molecule has 0 aliphatic rings. The highest BCUT2D eigenvalue weighted by Gasteiger charge is 2.18. The smallest absolute Gasteiger partial charge is 0.124 e. The monoisotopic (exact) mass is 435 g/mol. The van der Waals surface area contributed by atoms with Crippen molar-refractivity contribution in [3.8, 4) is 0 Å². The van der Waals surface area contributed by atoms with Crippen LogP contribution in [0.1, 0.15) is 51.5 Å². The number of benzene rings is 1. The zero-order valence-corrected chi connectivity index (χ0v) is 18.5. The summed E-state index contributed by atoms with van der Waals surface area (Å²) in [5, 5.41) is 1.15. The molecule has 0 aliphatic carbocycles. The fourth-order valence-corrected chi connectivity index (χ4v) is 3.28. The molecule has 0 fully saturated rings. The molecule has 146 valence electrons. The van der Waals surface area contributed by atoms with Crippen LogP contribution in [0.4, 0.5) is 0 Å². The number of aryl methyl sites for hydroxylation is 1. The van der Waals surface area contributed by atoms with Gasteiger partial charge in [0, 0.05) is 11.8 Å². The van der Waals surface area contributed by atoms with Crippen LogP contribution in [0.5, 0.6) is 0 Å². The lowest BCUT2D eigenvalue weighted by molar-refractivity contribution is -0.910. The van der Waals surface area contributed by atoms with Crippen LogP contribution in [0, 0.1) is 6.92 Å². The first-order valence-electron chi connectivity index (χ1n) is 9.10. The van der Waals surface area contributed by atoms with Crippen LogP contribution in [-0.2, 0) is 10.1 Å². The maximum atomic E-state index is 10.4. The van der Waals surface area contributed by atoms with Gasteiger partial charge in [-0.05, 0) is 31.9 Å².